The molecular weight excluding hydrogens is 230 g/mol. The zero-order chi connectivity index (χ0) is 13.2. The van der Waals surface area contributed by atoms with Gasteiger partial charge in [-0.1, -0.05) is 0 Å². The van der Waals surface area contributed by atoms with Gasteiger partial charge in [0.2, 0.25) is 0 Å². The molecule has 1 saturated heterocycles. The van der Waals surface area contributed by atoms with E-state index in [0.717, 1.165) is 19.4 Å². The Bertz CT molecular complexity index is 454. The number of anilines is 2. The first-order valence-corrected chi connectivity index (χ1v) is 6.07. The zero-order valence-electron chi connectivity index (χ0n) is 10.5. The number of amides is 1. The number of nitrogens with one attached hydrogen (secondary N) is 1. The minimum absolute atomic E-state index is 0.191. The van der Waals surface area contributed by atoms with Gasteiger partial charge in [0.05, 0.1) is 11.2 Å². The minimum Gasteiger partial charge on any atom is -0.399 e. The highest BCUT2D eigenvalue weighted by atomic mass is 16.5. The summed E-state index contributed by atoms with van der Waals surface area (Å²) in [6.07, 6.45) is 2.00. The lowest BCUT2D eigenvalue weighted by Crippen LogP contribution is -2.40. The van der Waals surface area contributed by atoms with Gasteiger partial charge < -0.3 is 21.5 Å². The fraction of sp³-hybridized carbons (Fsp3) is 0.462. The maximum Gasteiger partial charge on any atom is 0.253 e. The van der Waals surface area contributed by atoms with Gasteiger partial charge in [-0.3, -0.25) is 4.79 Å². The molecule has 0 radical (unpaired) electrons. The van der Waals surface area contributed by atoms with Crippen LogP contribution in [-0.4, -0.2) is 24.7 Å². The summed E-state index contributed by atoms with van der Waals surface area (Å²) < 4.78 is 5.61. The van der Waals surface area contributed by atoms with Gasteiger partial charge >= 0.3 is 0 Å². The van der Waals surface area contributed by atoms with E-state index in [0.29, 0.717) is 23.5 Å². The monoisotopic (exact) mass is 249 g/mol. The fourth-order valence-electron chi connectivity index (χ4n) is 2.13. The van der Waals surface area contributed by atoms with Crippen molar-refractivity contribution < 1.29 is 9.53 Å². The van der Waals surface area contributed by atoms with Crippen LogP contribution in [0.4, 0.5) is 11.4 Å². The first-order chi connectivity index (χ1) is 8.50. The molecule has 1 unspecified atom stereocenters. The van der Waals surface area contributed by atoms with E-state index in [2.05, 4.69) is 5.32 Å². The molecule has 1 aliphatic heterocycles. The van der Waals surface area contributed by atoms with Crippen molar-refractivity contribution in [1.29, 1.82) is 0 Å². The van der Waals surface area contributed by atoms with Crippen molar-refractivity contribution in [3.05, 3.63) is 23.8 Å². The molecule has 1 heterocycles. The predicted molar refractivity (Wildman–Crippen MR) is 71.2 cm³/mol. The molecular formula is C13H19N3O2. The second kappa shape index (κ2) is 4.86. The van der Waals surface area contributed by atoms with Crippen LogP contribution in [0.5, 0.6) is 0 Å². The van der Waals surface area contributed by atoms with E-state index in [1.165, 1.54) is 0 Å². The van der Waals surface area contributed by atoms with Gasteiger partial charge in [0.25, 0.3) is 5.91 Å². The lowest BCUT2D eigenvalue weighted by Gasteiger charge is -2.23. The number of carbonyl (C=O) groups is 1. The maximum absolute atomic E-state index is 12.0. The van der Waals surface area contributed by atoms with Crippen molar-refractivity contribution in [1.82, 2.24) is 5.32 Å². The second-order valence-electron chi connectivity index (χ2n) is 4.93. The van der Waals surface area contributed by atoms with Crippen LogP contribution in [-0.2, 0) is 4.74 Å². The Balaban J connectivity index is 1.99. The molecule has 5 N–H and O–H groups in total. The fourth-order valence-corrected chi connectivity index (χ4v) is 2.13. The molecule has 5 nitrogen and oxygen atoms in total. The van der Waals surface area contributed by atoms with Gasteiger partial charge in [-0.05, 0) is 38.0 Å². The maximum atomic E-state index is 12.0. The predicted octanol–water partition coefficient (Wildman–Crippen LogP) is 1.15. The summed E-state index contributed by atoms with van der Waals surface area (Å²) in [5.41, 5.74) is 12.5. The highest BCUT2D eigenvalue weighted by Gasteiger charge is 2.30. The molecule has 0 bridgehead atoms. The van der Waals surface area contributed by atoms with Crippen molar-refractivity contribution in [2.75, 3.05) is 24.6 Å². The van der Waals surface area contributed by atoms with Gasteiger partial charge in [-0.2, -0.15) is 0 Å². The summed E-state index contributed by atoms with van der Waals surface area (Å²) in [5, 5.41) is 2.86. The number of ether oxygens (including phenoxy) is 1. The van der Waals surface area contributed by atoms with Crippen molar-refractivity contribution in [3.8, 4) is 0 Å². The number of hydrogen-bond acceptors (Lipinski definition) is 4. The van der Waals surface area contributed by atoms with E-state index in [-0.39, 0.29) is 11.5 Å². The van der Waals surface area contributed by atoms with Crippen LogP contribution in [0.15, 0.2) is 18.2 Å². The topological polar surface area (TPSA) is 90.4 Å². The third kappa shape index (κ3) is 2.73. The van der Waals surface area contributed by atoms with E-state index in [1.54, 1.807) is 18.2 Å². The quantitative estimate of drug-likeness (QED) is 0.701. The Morgan fingerprint density at radius 1 is 1.50 bits per heavy atom. The van der Waals surface area contributed by atoms with Gasteiger partial charge in [0, 0.05) is 24.5 Å². The molecule has 1 amide bonds. The molecule has 1 atom stereocenters. The Labute approximate surface area is 106 Å². The molecule has 0 aliphatic carbocycles. The van der Waals surface area contributed by atoms with E-state index < -0.39 is 0 Å². The number of carbonyl (C=O) groups excluding carboxylic acids is 1. The summed E-state index contributed by atoms with van der Waals surface area (Å²) in [7, 11) is 0. The first kappa shape index (κ1) is 12.7. The van der Waals surface area contributed by atoms with Crippen LogP contribution in [0.2, 0.25) is 0 Å². The molecule has 98 valence electrons. The normalized spacial score (nSPS) is 22.9. The van der Waals surface area contributed by atoms with Crippen LogP contribution >= 0.6 is 0 Å². The van der Waals surface area contributed by atoms with Crippen molar-refractivity contribution in [2.24, 2.45) is 0 Å². The van der Waals surface area contributed by atoms with Crippen LogP contribution < -0.4 is 16.8 Å². The molecule has 0 saturated carbocycles. The van der Waals surface area contributed by atoms with E-state index in [4.69, 9.17) is 16.2 Å². The summed E-state index contributed by atoms with van der Waals surface area (Å²) in [6.45, 7) is 3.26. The summed E-state index contributed by atoms with van der Waals surface area (Å²) in [4.78, 5) is 12.0. The molecule has 5 heteroatoms. The highest BCUT2D eigenvalue weighted by molar-refractivity contribution is 5.99. The average molecular weight is 249 g/mol. The van der Waals surface area contributed by atoms with Gasteiger partial charge in [0.1, 0.15) is 0 Å². The van der Waals surface area contributed by atoms with Crippen molar-refractivity contribution in [3.63, 3.8) is 0 Å². The molecule has 1 aromatic carbocycles. The smallest absolute Gasteiger partial charge is 0.253 e. The Morgan fingerprint density at radius 2 is 2.28 bits per heavy atom. The number of nitrogens with two attached hydrogens (primary N) is 2. The van der Waals surface area contributed by atoms with Crippen LogP contribution in [0.25, 0.3) is 0 Å². The summed E-state index contributed by atoms with van der Waals surface area (Å²) in [6, 6.07) is 4.89. The van der Waals surface area contributed by atoms with Crippen LogP contribution in [0.1, 0.15) is 30.1 Å². The first-order valence-electron chi connectivity index (χ1n) is 6.07. The van der Waals surface area contributed by atoms with E-state index in [1.807, 2.05) is 6.92 Å². The van der Waals surface area contributed by atoms with Crippen molar-refractivity contribution >= 4 is 17.3 Å². The number of hydrogen-bond donors (Lipinski definition) is 3. The third-order valence-corrected chi connectivity index (χ3v) is 3.24. The van der Waals surface area contributed by atoms with E-state index in [9.17, 15) is 4.79 Å². The second-order valence-corrected chi connectivity index (χ2v) is 4.93. The Morgan fingerprint density at radius 3 is 2.89 bits per heavy atom. The number of rotatable bonds is 3. The highest BCUT2D eigenvalue weighted by Crippen LogP contribution is 2.24. The molecule has 18 heavy (non-hydrogen) atoms. The van der Waals surface area contributed by atoms with Crippen molar-refractivity contribution in [2.45, 2.75) is 25.4 Å². The average Bonchev–Trinajstić information content (AvgIpc) is 2.74. The van der Waals surface area contributed by atoms with Gasteiger partial charge in [-0.15, -0.1) is 0 Å². The van der Waals surface area contributed by atoms with Crippen LogP contribution in [0.3, 0.4) is 0 Å². The van der Waals surface area contributed by atoms with E-state index >= 15 is 0 Å². The summed E-state index contributed by atoms with van der Waals surface area (Å²) >= 11 is 0. The lowest BCUT2D eigenvalue weighted by molar-refractivity contribution is 0.0206. The molecule has 0 spiro atoms. The summed E-state index contributed by atoms with van der Waals surface area (Å²) in [5.74, 6) is -0.191. The van der Waals surface area contributed by atoms with Gasteiger partial charge in [-0.25, -0.2) is 0 Å². The molecule has 1 aliphatic rings. The largest absolute Gasteiger partial charge is 0.399 e. The zero-order valence-corrected chi connectivity index (χ0v) is 10.5. The standard InChI is InChI=1S/C13H19N3O2/c1-13(5-2-6-18-13)8-16-12(17)10-4-3-9(14)7-11(10)15/h3-4,7H,2,5-6,8,14-15H2,1H3,(H,16,17). The number of benzene rings is 1. The lowest BCUT2D eigenvalue weighted by atomic mass is 10.0. The Hall–Kier alpha value is -1.75. The SMILES string of the molecule is CC1(CNC(=O)c2ccc(N)cc2N)CCCO1. The molecule has 2 rings (SSSR count). The number of nitrogen functional groups attached to an aromatic ring is 2. The van der Waals surface area contributed by atoms with Crippen LogP contribution in [0, 0.1) is 0 Å². The molecule has 1 fully saturated rings. The third-order valence-electron chi connectivity index (χ3n) is 3.24. The molecule has 0 aromatic heterocycles. The Kier molecular flexibility index (Phi) is 3.43. The molecule has 1 aromatic rings. The minimum atomic E-state index is -0.252. The van der Waals surface area contributed by atoms with Gasteiger partial charge in [0.15, 0.2) is 0 Å².